The molecule has 4 rings (SSSR count). The summed E-state index contributed by atoms with van der Waals surface area (Å²) in [6.45, 7) is 3.77. The van der Waals surface area contributed by atoms with E-state index in [1.165, 1.54) is 27.7 Å². The Hall–Kier alpha value is -2.67. The van der Waals surface area contributed by atoms with Crippen molar-refractivity contribution in [3.8, 4) is 0 Å². The largest absolute Gasteiger partial charge is 0.340 e. The zero-order valence-electron chi connectivity index (χ0n) is 17.0. The first kappa shape index (κ1) is 19.6. The van der Waals surface area contributed by atoms with Crippen LogP contribution in [0.2, 0.25) is 0 Å². The molecule has 3 N–H and O–H groups in total. The minimum atomic E-state index is -0.488. The Bertz CT molecular complexity index is 1020. The molecule has 1 aromatic heterocycles. The van der Waals surface area contributed by atoms with Gasteiger partial charge in [-0.2, -0.15) is 0 Å². The van der Waals surface area contributed by atoms with Crippen LogP contribution in [-0.4, -0.2) is 47.8 Å². The predicted molar refractivity (Wildman–Crippen MR) is 114 cm³/mol. The molecule has 2 heterocycles. The van der Waals surface area contributed by atoms with Crippen molar-refractivity contribution in [1.82, 2.24) is 20.3 Å². The van der Waals surface area contributed by atoms with Gasteiger partial charge in [-0.05, 0) is 62.0 Å². The number of rotatable bonds is 6. The van der Waals surface area contributed by atoms with Crippen LogP contribution in [0.1, 0.15) is 32.7 Å². The molecule has 0 unspecified atom stereocenters. The maximum absolute atomic E-state index is 11.6. The summed E-state index contributed by atoms with van der Waals surface area (Å²) in [5.41, 5.74) is 8.75. The molecule has 1 aliphatic rings. The van der Waals surface area contributed by atoms with Crippen molar-refractivity contribution >= 4 is 16.8 Å². The van der Waals surface area contributed by atoms with E-state index in [0.717, 1.165) is 44.6 Å². The molecule has 0 bridgehead atoms. The van der Waals surface area contributed by atoms with E-state index in [-0.39, 0.29) is 0 Å². The van der Waals surface area contributed by atoms with Gasteiger partial charge in [-0.3, -0.25) is 10.0 Å². The number of nitrogens with zero attached hydrogens (tertiary/aromatic N) is 2. The predicted octanol–water partition coefficient (Wildman–Crippen LogP) is 2.56. The molecule has 0 saturated heterocycles. The van der Waals surface area contributed by atoms with Crippen LogP contribution >= 0.6 is 0 Å². The number of hydrogen-bond donors (Lipinski definition) is 3. The fourth-order valence-electron chi connectivity index (χ4n) is 4.24. The molecule has 1 aliphatic heterocycles. The highest BCUT2D eigenvalue weighted by Gasteiger charge is 2.22. The fourth-order valence-corrected chi connectivity index (χ4v) is 4.24. The molecule has 1 amide bonds. The normalized spacial score (nSPS) is 14.2. The molecule has 0 aliphatic carbocycles. The fraction of sp³-hybridized carbons (Fsp3) is 0.348. The molecule has 0 spiro atoms. The molecule has 152 valence electrons. The molecular formula is C23H28N4O2. The molecule has 29 heavy (non-hydrogen) atoms. The number of hydrogen-bond acceptors (Lipinski definition) is 4. The average molecular weight is 393 g/mol. The van der Waals surface area contributed by atoms with Crippen molar-refractivity contribution in [2.75, 3.05) is 27.2 Å². The second-order valence-corrected chi connectivity index (χ2v) is 7.84. The summed E-state index contributed by atoms with van der Waals surface area (Å²) in [5.74, 6) is -0.488. The molecule has 0 saturated carbocycles. The second kappa shape index (κ2) is 8.37. The van der Waals surface area contributed by atoms with Crippen LogP contribution < -0.4 is 10.8 Å². The smallest absolute Gasteiger partial charge is 0.274 e. The third kappa shape index (κ3) is 3.92. The van der Waals surface area contributed by atoms with Crippen molar-refractivity contribution < 1.29 is 10.0 Å². The topological polar surface area (TPSA) is 69.5 Å². The van der Waals surface area contributed by atoms with Crippen molar-refractivity contribution in [2.24, 2.45) is 0 Å². The van der Waals surface area contributed by atoms with Gasteiger partial charge in [-0.25, -0.2) is 5.48 Å². The van der Waals surface area contributed by atoms with Crippen molar-refractivity contribution in [3.05, 3.63) is 70.4 Å². The first-order valence-electron chi connectivity index (χ1n) is 10.1. The number of nitrogens with one attached hydrogen (secondary N) is 2. The Morgan fingerprint density at radius 1 is 1.14 bits per heavy atom. The number of aromatic nitrogens is 1. The number of carbonyl (C=O) groups is 1. The number of fused-ring (bicyclic) bond motifs is 3. The monoisotopic (exact) mass is 392 g/mol. The third-order valence-electron chi connectivity index (χ3n) is 5.83. The number of benzene rings is 2. The summed E-state index contributed by atoms with van der Waals surface area (Å²) in [5, 5.41) is 13.4. The lowest BCUT2D eigenvalue weighted by molar-refractivity contribution is 0.0706. The van der Waals surface area contributed by atoms with Crippen molar-refractivity contribution in [1.29, 1.82) is 0 Å². The second-order valence-electron chi connectivity index (χ2n) is 7.84. The van der Waals surface area contributed by atoms with Crippen LogP contribution in [0.4, 0.5) is 0 Å². The summed E-state index contributed by atoms with van der Waals surface area (Å²) in [4.78, 5) is 14.0. The molecule has 0 atom stereocenters. The lowest BCUT2D eigenvalue weighted by Gasteiger charge is -2.24. The van der Waals surface area contributed by atoms with Gasteiger partial charge in [0.05, 0.1) is 0 Å². The molecule has 0 radical (unpaired) electrons. The summed E-state index contributed by atoms with van der Waals surface area (Å²) in [7, 11) is 4.16. The van der Waals surface area contributed by atoms with Gasteiger partial charge in [-0.1, -0.05) is 24.3 Å². The quantitative estimate of drug-likeness (QED) is 0.445. The molecular weight excluding hydrogens is 364 g/mol. The molecule has 0 fully saturated rings. The van der Waals surface area contributed by atoms with Crippen LogP contribution in [0.25, 0.3) is 10.9 Å². The zero-order chi connectivity index (χ0) is 20.4. The maximum atomic E-state index is 11.6. The SMILES string of the molecule is CNCCc1ccc2c3c(n(Cc4ccc(C(=O)NO)cc4)c2c1)CCN(C)C3. The van der Waals surface area contributed by atoms with E-state index in [9.17, 15) is 4.79 Å². The highest BCUT2D eigenvalue weighted by Crippen LogP contribution is 2.32. The van der Waals surface area contributed by atoms with Gasteiger partial charge in [0.2, 0.25) is 0 Å². The molecule has 6 heteroatoms. The van der Waals surface area contributed by atoms with E-state index in [0.29, 0.717) is 5.56 Å². The van der Waals surface area contributed by atoms with Crippen LogP contribution in [0, 0.1) is 0 Å². The summed E-state index contributed by atoms with van der Waals surface area (Å²) < 4.78 is 2.45. The molecule has 6 nitrogen and oxygen atoms in total. The summed E-state index contributed by atoms with van der Waals surface area (Å²) in [6, 6.07) is 14.3. The van der Waals surface area contributed by atoms with Gasteiger partial charge in [-0.15, -0.1) is 0 Å². The Balaban J connectivity index is 1.74. The Morgan fingerprint density at radius 3 is 2.62 bits per heavy atom. The minimum absolute atomic E-state index is 0.451. The lowest BCUT2D eigenvalue weighted by Crippen LogP contribution is -2.27. The first-order valence-corrected chi connectivity index (χ1v) is 10.1. The van der Waals surface area contributed by atoms with Gasteiger partial charge in [0.25, 0.3) is 5.91 Å². The van der Waals surface area contributed by atoms with E-state index in [2.05, 4.69) is 40.0 Å². The van der Waals surface area contributed by atoms with E-state index in [1.54, 1.807) is 17.6 Å². The Labute approximate surface area is 171 Å². The summed E-state index contributed by atoms with van der Waals surface area (Å²) >= 11 is 0. The van der Waals surface area contributed by atoms with Crippen molar-refractivity contribution in [3.63, 3.8) is 0 Å². The van der Waals surface area contributed by atoms with E-state index in [1.807, 2.05) is 19.2 Å². The number of amides is 1. The summed E-state index contributed by atoms with van der Waals surface area (Å²) in [6.07, 6.45) is 2.05. The Kier molecular flexibility index (Phi) is 5.67. The highest BCUT2D eigenvalue weighted by molar-refractivity contribution is 5.93. The van der Waals surface area contributed by atoms with Crippen LogP contribution in [-0.2, 0) is 25.9 Å². The Morgan fingerprint density at radius 2 is 1.90 bits per heavy atom. The average Bonchev–Trinajstić information content (AvgIpc) is 3.04. The zero-order valence-corrected chi connectivity index (χ0v) is 17.0. The number of likely N-dealkylation sites (N-methyl/N-ethyl adjacent to an activating group) is 2. The van der Waals surface area contributed by atoms with Gasteiger partial charge in [0, 0.05) is 48.2 Å². The van der Waals surface area contributed by atoms with Crippen LogP contribution in [0.15, 0.2) is 42.5 Å². The number of carbonyl (C=O) groups excluding carboxylic acids is 1. The van der Waals surface area contributed by atoms with Crippen LogP contribution in [0.3, 0.4) is 0 Å². The molecule has 3 aromatic rings. The number of hydroxylamine groups is 1. The standard InChI is InChI=1S/C23H28N4O2/c1-24-11-9-16-5-8-19-20-15-26(2)12-10-21(20)27(22(19)13-16)14-17-3-6-18(7-4-17)23(28)25-29/h3-8,13,24,29H,9-12,14-15H2,1-2H3,(H,25,28). The van der Waals surface area contributed by atoms with Crippen LogP contribution in [0.5, 0.6) is 0 Å². The first-order chi connectivity index (χ1) is 14.1. The maximum Gasteiger partial charge on any atom is 0.274 e. The van der Waals surface area contributed by atoms with E-state index in [4.69, 9.17) is 5.21 Å². The van der Waals surface area contributed by atoms with Gasteiger partial charge in [0.1, 0.15) is 0 Å². The van der Waals surface area contributed by atoms with Gasteiger partial charge in [0.15, 0.2) is 0 Å². The van der Waals surface area contributed by atoms with Gasteiger partial charge >= 0.3 is 0 Å². The van der Waals surface area contributed by atoms with E-state index >= 15 is 0 Å². The third-order valence-corrected chi connectivity index (χ3v) is 5.83. The highest BCUT2D eigenvalue weighted by atomic mass is 16.5. The lowest BCUT2D eigenvalue weighted by atomic mass is 10.0. The van der Waals surface area contributed by atoms with Gasteiger partial charge < -0.3 is 14.8 Å². The minimum Gasteiger partial charge on any atom is -0.340 e. The van der Waals surface area contributed by atoms with Crippen molar-refractivity contribution in [2.45, 2.75) is 25.9 Å². The van der Waals surface area contributed by atoms with E-state index < -0.39 is 5.91 Å². The molecule has 2 aromatic carbocycles.